The van der Waals surface area contributed by atoms with Crippen LogP contribution in [0, 0.1) is 0 Å². The normalized spacial score (nSPS) is 11.4. The molecular weight excluding hydrogens is 721 g/mol. The van der Waals surface area contributed by atoms with Crippen molar-refractivity contribution in [2.45, 2.75) is 0 Å². The fourth-order valence-electron chi connectivity index (χ4n) is 8.06. The molecule has 0 radical (unpaired) electrons. The summed E-state index contributed by atoms with van der Waals surface area (Å²) in [4.78, 5) is 20.7. The molecule has 5 nitrogen and oxygen atoms in total. The molecular formula is C54H34N4O. The van der Waals surface area contributed by atoms with Crippen LogP contribution >= 0.6 is 0 Å². The van der Waals surface area contributed by atoms with Crippen molar-refractivity contribution < 1.29 is 4.42 Å². The van der Waals surface area contributed by atoms with Gasteiger partial charge in [-0.1, -0.05) is 176 Å². The highest BCUT2D eigenvalue weighted by Crippen LogP contribution is 2.41. The van der Waals surface area contributed by atoms with Crippen LogP contribution in [0.25, 0.3) is 112 Å². The first-order valence-electron chi connectivity index (χ1n) is 19.7. The Balaban J connectivity index is 0.998. The standard InChI is InChI=1S/C54H34N4O/c1-5-15-38(16-6-1)50-47(51(39-17-7-2-8-18-39)57-53(56-50)41-19-9-3-10-20-41)37-29-25-35(26-30-37)36-27-31-40(32-28-36)49-44-33-34-46-52(48(44)43-23-13-14-24-45(43)55-49)58-54(59-46)42-21-11-4-12-22-42/h1-34H. The van der Waals surface area contributed by atoms with E-state index in [1.54, 1.807) is 0 Å². The molecule has 8 aromatic carbocycles. The largest absolute Gasteiger partial charge is 0.436 e. The van der Waals surface area contributed by atoms with Crippen LogP contribution < -0.4 is 0 Å². The quantitative estimate of drug-likeness (QED) is 0.152. The summed E-state index contributed by atoms with van der Waals surface area (Å²) >= 11 is 0. The number of oxazole rings is 1. The van der Waals surface area contributed by atoms with Crippen LogP contribution in [0.1, 0.15) is 0 Å². The Hall–Kier alpha value is -8.02. The average Bonchev–Trinajstić information content (AvgIpc) is 3.77. The molecule has 0 aliphatic rings. The maximum absolute atomic E-state index is 6.30. The van der Waals surface area contributed by atoms with Crippen molar-refractivity contribution in [1.29, 1.82) is 0 Å². The van der Waals surface area contributed by atoms with Crippen molar-refractivity contribution in [3.8, 4) is 78.9 Å². The monoisotopic (exact) mass is 754 g/mol. The van der Waals surface area contributed by atoms with Gasteiger partial charge in [0.25, 0.3) is 0 Å². The molecule has 0 spiro atoms. The summed E-state index contributed by atoms with van der Waals surface area (Å²) in [5.41, 5.74) is 14.5. The SMILES string of the molecule is c1ccc(-c2nc(-c3ccccc3)c(-c3ccc(-c4ccc(-c5nc6ccccc6c6c5ccc5oc(-c7ccccc7)nc56)cc4)cc3)c(-c3ccccc3)n2)cc1. The number of nitrogens with zero attached hydrogens (tertiary/aromatic N) is 4. The highest BCUT2D eigenvalue weighted by molar-refractivity contribution is 6.20. The molecule has 0 aliphatic heterocycles. The fraction of sp³-hybridized carbons (Fsp3) is 0. The molecule has 276 valence electrons. The second-order valence-electron chi connectivity index (χ2n) is 14.6. The highest BCUT2D eigenvalue weighted by Gasteiger charge is 2.21. The summed E-state index contributed by atoms with van der Waals surface area (Å²) in [6.07, 6.45) is 0. The second-order valence-corrected chi connectivity index (χ2v) is 14.6. The molecule has 0 saturated heterocycles. The topological polar surface area (TPSA) is 64.7 Å². The van der Waals surface area contributed by atoms with Crippen LogP contribution in [-0.4, -0.2) is 19.9 Å². The lowest BCUT2D eigenvalue weighted by Gasteiger charge is -2.17. The van der Waals surface area contributed by atoms with Gasteiger partial charge in [0, 0.05) is 49.5 Å². The van der Waals surface area contributed by atoms with Crippen LogP contribution in [0.4, 0.5) is 0 Å². The molecule has 5 heteroatoms. The van der Waals surface area contributed by atoms with E-state index in [1.807, 2.05) is 72.8 Å². The molecule has 11 rings (SSSR count). The summed E-state index contributed by atoms with van der Waals surface area (Å²) in [5.74, 6) is 1.30. The average molecular weight is 755 g/mol. The van der Waals surface area contributed by atoms with Gasteiger partial charge in [-0.2, -0.15) is 0 Å². The van der Waals surface area contributed by atoms with Gasteiger partial charge >= 0.3 is 0 Å². The molecule has 0 bridgehead atoms. The molecule has 0 N–H and O–H groups in total. The molecule has 0 amide bonds. The van der Waals surface area contributed by atoms with Gasteiger partial charge in [-0.25, -0.2) is 19.9 Å². The molecule has 59 heavy (non-hydrogen) atoms. The van der Waals surface area contributed by atoms with Gasteiger partial charge in [0.2, 0.25) is 5.89 Å². The third-order valence-corrected chi connectivity index (χ3v) is 10.9. The Morgan fingerprint density at radius 1 is 0.305 bits per heavy atom. The Morgan fingerprint density at radius 3 is 1.37 bits per heavy atom. The number of aromatic nitrogens is 4. The zero-order valence-corrected chi connectivity index (χ0v) is 31.8. The zero-order valence-electron chi connectivity index (χ0n) is 31.8. The lowest BCUT2D eigenvalue weighted by atomic mass is 9.92. The Morgan fingerprint density at radius 2 is 0.780 bits per heavy atom. The number of hydrogen-bond donors (Lipinski definition) is 0. The van der Waals surface area contributed by atoms with E-state index in [4.69, 9.17) is 24.4 Å². The minimum Gasteiger partial charge on any atom is -0.436 e. The molecule has 0 fully saturated rings. The van der Waals surface area contributed by atoms with Crippen molar-refractivity contribution in [3.63, 3.8) is 0 Å². The third-order valence-electron chi connectivity index (χ3n) is 10.9. The van der Waals surface area contributed by atoms with Gasteiger partial charge in [-0.15, -0.1) is 0 Å². The summed E-state index contributed by atoms with van der Waals surface area (Å²) in [6.45, 7) is 0. The summed E-state index contributed by atoms with van der Waals surface area (Å²) in [7, 11) is 0. The number of pyridine rings is 1. The van der Waals surface area contributed by atoms with Crippen molar-refractivity contribution in [2.75, 3.05) is 0 Å². The predicted molar refractivity (Wildman–Crippen MR) is 240 cm³/mol. The van der Waals surface area contributed by atoms with Gasteiger partial charge < -0.3 is 4.42 Å². The van der Waals surface area contributed by atoms with Crippen LogP contribution in [0.3, 0.4) is 0 Å². The van der Waals surface area contributed by atoms with Gasteiger partial charge in [-0.05, 0) is 47.0 Å². The van der Waals surface area contributed by atoms with Crippen LogP contribution in [-0.2, 0) is 0 Å². The minimum absolute atomic E-state index is 0.607. The van der Waals surface area contributed by atoms with Crippen LogP contribution in [0.2, 0.25) is 0 Å². The maximum atomic E-state index is 6.30. The maximum Gasteiger partial charge on any atom is 0.227 e. The molecule has 0 aliphatic carbocycles. The smallest absolute Gasteiger partial charge is 0.227 e. The molecule has 11 aromatic rings. The Labute approximate surface area is 341 Å². The first-order chi connectivity index (χ1) is 29.2. The van der Waals surface area contributed by atoms with E-state index in [1.165, 1.54) is 0 Å². The predicted octanol–water partition coefficient (Wildman–Crippen LogP) is 14.0. The molecule has 3 heterocycles. The number of para-hydroxylation sites is 1. The van der Waals surface area contributed by atoms with Crippen LogP contribution in [0.5, 0.6) is 0 Å². The van der Waals surface area contributed by atoms with Gasteiger partial charge in [0.15, 0.2) is 11.4 Å². The first kappa shape index (κ1) is 34.2. The van der Waals surface area contributed by atoms with Crippen LogP contribution in [0.15, 0.2) is 211 Å². The van der Waals surface area contributed by atoms with Crippen molar-refractivity contribution in [1.82, 2.24) is 19.9 Å². The number of benzene rings is 8. The summed E-state index contributed by atoms with van der Waals surface area (Å²) in [6, 6.07) is 70.9. The first-order valence-corrected chi connectivity index (χ1v) is 19.7. The third kappa shape index (κ3) is 6.22. The number of hydrogen-bond acceptors (Lipinski definition) is 5. The number of rotatable bonds is 7. The minimum atomic E-state index is 0.607. The fourth-order valence-corrected chi connectivity index (χ4v) is 8.06. The van der Waals surface area contributed by atoms with E-state index in [0.29, 0.717) is 11.7 Å². The number of fused-ring (bicyclic) bond motifs is 5. The lowest BCUT2D eigenvalue weighted by Crippen LogP contribution is -2.00. The van der Waals surface area contributed by atoms with E-state index in [9.17, 15) is 0 Å². The summed E-state index contributed by atoms with van der Waals surface area (Å²) < 4.78 is 6.30. The molecule has 0 saturated carbocycles. The molecule has 0 unspecified atom stereocenters. The van der Waals surface area contributed by atoms with E-state index in [-0.39, 0.29) is 0 Å². The Bertz CT molecular complexity index is 3210. The van der Waals surface area contributed by atoms with E-state index < -0.39 is 0 Å². The molecule has 0 atom stereocenters. The van der Waals surface area contributed by atoms with Crippen molar-refractivity contribution >= 4 is 32.8 Å². The molecule has 3 aromatic heterocycles. The van der Waals surface area contributed by atoms with Gasteiger partial charge in [0.05, 0.1) is 22.6 Å². The van der Waals surface area contributed by atoms with Gasteiger partial charge in [-0.3, -0.25) is 0 Å². The van der Waals surface area contributed by atoms with Crippen molar-refractivity contribution in [3.05, 3.63) is 206 Å². The van der Waals surface area contributed by atoms with Crippen molar-refractivity contribution in [2.24, 2.45) is 0 Å². The van der Waals surface area contributed by atoms with E-state index >= 15 is 0 Å². The lowest BCUT2D eigenvalue weighted by molar-refractivity contribution is 0.620. The zero-order chi connectivity index (χ0) is 39.1. The second kappa shape index (κ2) is 14.5. The van der Waals surface area contributed by atoms with E-state index in [2.05, 4.69) is 133 Å². The summed E-state index contributed by atoms with van der Waals surface area (Å²) in [5, 5.41) is 3.12. The Kier molecular flexibility index (Phi) is 8.41. The van der Waals surface area contributed by atoms with E-state index in [0.717, 1.165) is 99.9 Å². The van der Waals surface area contributed by atoms with Gasteiger partial charge in [0.1, 0.15) is 5.52 Å². The highest BCUT2D eigenvalue weighted by atomic mass is 16.3.